The van der Waals surface area contributed by atoms with E-state index in [0.29, 0.717) is 0 Å². The van der Waals surface area contributed by atoms with Crippen LogP contribution in [0.25, 0.3) is 0 Å². The van der Waals surface area contributed by atoms with Gasteiger partial charge >= 0.3 is 68.7 Å². The Labute approximate surface area is 114 Å². The first-order valence-electron chi connectivity index (χ1n) is 0.123. The molecule has 0 aliphatic rings. The topological polar surface area (TPSA) is 17.1 Å². The predicted molar refractivity (Wildman–Crippen MR) is 9.23 cm³/mol. The van der Waals surface area contributed by atoms with Crippen LogP contribution >= 0.6 is 0 Å². The quantitative estimate of drug-likeness (QED) is 0.498. The molecule has 0 aromatic heterocycles. The monoisotopic (exact) mass is 372 g/mol. The van der Waals surface area contributed by atoms with Crippen molar-refractivity contribution in [3.63, 3.8) is 0 Å². The zero-order valence-electron chi connectivity index (χ0n) is 1.09. The Morgan fingerprint density at radius 3 is 1.25 bits per heavy atom. The van der Waals surface area contributed by atoms with Gasteiger partial charge in [-0.3, -0.25) is 0 Å². The summed E-state index contributed by atoms with van der Waals surface area (Å²) >= 11 is 2.94. The second-order valence-corrected chi connectivity index (χ2v) is 0. The molecular formula is H2BaCuEuO. The van der Waals surface area contributed by atoms with Crippen molar-refractivity contribution in [2.24, 2.45) is 0 Å². The van der Waals surface area contributed by atoms with Crippen LogP contribution in [0.15, 0.2) is 0 Å². The van der Waals surface area contributed by atoms with Gasteiger partial charge in [-0.15, -0.1) is 0 Å². The second-order valence-electron chi connectivity index (χ2n) is 0. The first-order chi connectivity index (χ1) is 1.00. The molecule has 0 aliphatic heterocycles. The Kier molecular flexibility index (Phi) is 62.9. The van der Waals surface area contributed by atoms with Gasteiger partial charge in [-0.05, 0) is 0 Å². The predicted octanol–water partition coefficient (Wildman–Crippen LogP) is -1.04. The molecule has 0 N–H and O–H groups in total. The fourth-order valence-electron chi connectivity index (χ4n) is 0. The Morgan fingerprint density at radius 2 is 1.25 bits per heavy atom. The summed E-state index contributed by atoms with van der Waals surface area (Å²) in [6, 6.07) is 0. The zero-order chi connectivity index (χ0) is 2.00. The Morgan fingerprint density at radius 1 is 1.25 bits per heavy atom. The van der Waals surface area contributed by atoms with Crippen molar-refractivity contribution in [2.75, 3.05) is 0 Å². The van der Waals surface area contributed by atoms with Gasteiger partial charge in [0.15, 0.2) is 0 Å². The molecule has 0 bridgehead atoms. The van der Waals surface area contributed by atoms with Crippen LogP contribution in [0, 0.1) is 49.4 Å². The van der Waals surface area contributed by atoms with E-state index in [1.165, 1.54) is 0 Å². The van der Waals surface area contributed by atoms with Crippen LogP contribution in [0.5, 0.6) is 0 Å². The van der Waals surface area contributed by atoms with Gasteiger partial charge in [-0.2, -0.15) is 0 Å². The average molecular weight is 371 g/mol. The van der Waals surface area contributed by atoms with E-state index in [9.17, 15) is 0 Å². The van der Waals surface area contributed by atoms with Crippen molar-refractivity contribution in [1.82, 2.24) is 0 Å². The molecule has 0 saturated heterocycles. The first-order valence-corrected chi connectivity index (χ1v) is 0.508. The summed E-state index contributed by atoms with van der Waals surface area (Å²) in [6.45, 7) is 0. The van der Waals surface area contributed by atoms with Gasteiger partial charge in [0.05, 0.1) is 0 Å². The third-order valence-corrected chi connectivity index (χ3v) is 0. The molecule has 0 amide bonds. The van der Waals surface area contributed by atoms with Crippen LogP contribution in [0.3, 0.4) is 0 Å². The van der Waals surface area contributed by atoms with Gasteiger partial charge in [-0.25, -0.2) is 0 Å². The van der Waals surface area contributed by atoms with E-state index in [0.717, 1.165) is 0 Å². The molecule has 0 saturated carbocycles. The van der Waals surface area contributed by atoms with Crippen molar-refractivity contribution < 1.29 is 69.2 Å². The van der Waals surface area contributed by atoms with Gasteiger partial charge < -0.3 is 0 Å². The molecule has 0 fully saturated rings. The van der Waals surface area contributed by atoms with Crippen molar-refractivity contribution >= 4 is 48.9 Å². The van der Waals surface area contributed by atoms with Crippen LogP contribution in [0.4, 0.5) is 0 Å². The van der Waals surface area contributed by atoms with E-state index in [4.69, 9.17) is 3.83 Å². The van der Waals surface area contributed by atoms with Gasteiger partial charge in [-0.1, -0.05) is 0 Å². The molecule has 0 aromatic carbocycles. The summed E-state index contributed by atoms with van der Waals surface area (Å²) in [5.41, 5.74) is 0. The van der Waals surface area contributed by atoms with Gasteiger partial charge in [0.2, 0.25) is 0 Å². The van der Waals surface area contributed by atoms with E-state index < -0.39 is 0 Å². The van der Waals surface area contributed by atoms with Crippen LogP contribution < -0.4 is 0 Å². The molecule has 0 unspecified atom stereocenters. The Bertz CT molecular complexity index is 8.00. The third-order valence-electron chi connectivity index (χ3n) is 0. The normalized spacial score (nSPS) is 1.50. The average Bonchev–Trinajstić information content (AvgIpc) is 1.00. The molecular weight excluding hydrogens is 369 g/mol. The van der Waals surface area contributed by atoms with Gasteiger partial charge in [0, 0.05) is 49.4 Å². The number of hydrogen-bond acceptors (Lipinski definition) is 1. The van der Waals surface area contributed by atoms with E-state index in [2.05, 4.69) is 15.9 Å². The molecule has 4 heteroatoms. The van der Waals surface area contributed by atoms with Crippen LogP contribution in [0.1, 0.15) is 0 Å². The molecule has 1 nitrogen and oxygen atoms in total. The third kappa shape index (κ3) is 9.08. The maximum atomic E-state index is 7.81. The molecule has 0 aliphatic carbocycles. The SMILES string of the molecule is [BaH2].[Eu].[O]=[Cu]. The first kappa shape index (κ1) is 15.6. The fraction of sp³-hybridized carbons (Fsp3) is 0. The van der Waals surface area contributed by atoms with Crippen molar-refractivity contribution in [2.45, 2.75) is 0 Å². The van der Waals surface area contributed by atoms with Gasteiger partial charge in [0.25, 0.3) is 0 Å². The summed E-state index contributed by atoms with van der Waals surface area (Å²) in [7, 11) is 0. The van der Waals surface area contributed by atoms with Crippen molar-refractivity contribution in [3.8, 4) is 0 Å². The van der Waals surface area contributed by atoms with E-state index in [1.807, 2.05) is 0 Å². The molecule has 0 heterocycles. The van der Waals surface area contributed by atoms with Crippen LogP contribution in [-0.2, 0) is 19.8 Å². The van der Waals surface area contributed by atoms with E-state index >= 15 is 0 Å². The summed E-state index contributed by atoms with van der Waals surface area (Å²) < 4.78 is 7.81. The fourth-order valence-corrected chi connectivity index (χ4v) is 0. The second kappa shape index (κ2) is 16.1. The minimum absolute atomic E-state index is 0. The minimum atomic E-state index is 0. The van der Waals surface area contributed by atoms with Crippen molar-refractivity contribution in [3.05, 3.63) is 0 Å². The molecule has 0 atom stereocenters. The van der Waals surface area contributed by atoms with E-state index in [-0.39, 0.29) is 98.3 Å². The molecule has 28 valence electrons. The summed E-state index contributed by atoms with van der Waals surface area (Å²) in [5, 5.41) is 0. The molecule has 4 heavy (non-hydrogen) atoms. The number of rotatable bonds is 0. The van der Waals surface area contributed by atoms with Crippen molar-refractivity contribution in [1.29, 1.82) is 0 Å². The van der Waals surface area contributed by atoms with E-state index in [1.54, 1.807) is 0 Å². The maximum absolute atomic E-state index is 7.81. The summed E-state index contributed by atoms with van der Waals surface area (Å²) in [5.74, 6) is 0. The molecule has 0 rings (SSSR count). The summed E-state index contributed by atoms with van der Waals surface area (Å²) in [4.78, 5) is 0. The van der Waals surface area contributed by atoms with Gasteiger partial charge in [0.1, 0.15) is 0 Å². The molecule has 0 spiro atoms. The Hall–Kier alpha value is 3.48. The van der Waals surface area contributed by atoms with Crippen LogP contribution in [0.2, 0.25) is 0 Å². The standard InChI is InChI=1S/Ba.Cu.Eu.O.2H. The van der Waals surface area contributed by atoms with Crippen LogP contribution in [-0.4, -0.2) is 48.9 Å². The summed E-state index contributed by atoms with van der Waals surface area (Å²) in [6.07, 6.45) is 0. The Balaban J connectivity index is -0.00000000500. The molecule has 0 aromatic rings. The zero-order valence-corrected chi connectivity index (χ0v) is 4.45. The molecule has 1 radical (unpaired) electrons. The number of hydrogen-bond donors (Lipinski definition) is 0.